The molecule has 3 atom stereocenters. The highest BCUT2D eigenvalue weighted by Gasteiger charge is 2.35. The Balaban J connectivity index is 2.32. The van der Waals surface area contributed by atoms with Crippen LogP contribution in [-0.4, -0.2) is 54.0 Å². The van der Waals surface area contributed by atoms with Gasteiger partial charge in [-0.3, -0.25) is 0 Å². The predicted octanol–water partition coefficient (Wildman–Crippen LogP) is -0.576. The highest BCUT2D eigenvalue weighted by atomic mass is 16.7. The van der Waals surface area contributed by atoms with E-state index >= 15 is 0 Å². The lowest BCUT2D eigenvalue weighted by molar-refractivity contribution is -0.227. The first kappa shape index (κ1) is 13.4. The molecule has 16 heavy (non-hydrogen) atoms. The van der Waals surface area contributed by atoms with E-state index in [2.05, 4.69) is 4.74 Å². The Labute approximate surface area is 94.1 Å². The summed E-state index contributed by atoms with van der Waals surface area (Å²) in [4.78, 5) is 11.2. The Bertz CT molecular complexity index is 239. The van der Waals surface area contributed by atoms with Crippen molar-refractivity contribution in [3.63, 3.8) is 0 Å². The van der Waals surface area contributed by atoms with Gasteiger partial charge in [0.25, 0.3) is 5.79 Å². The zero-order valence-electron chi connectivity index (χ0n) is 9.51. The van der Waals surface area contributed by atoms with Gasteiger partial charge in [-0.15, -0.1) is 0 Å². The maximum Gasteiger partial charge on any atom is 0.366 e. The second-order valence-corrected chi connectivity index (χ2v) is 3.86. The normalized spacial score (nSPS) is 28.8. The fourth-order valence-electron chi connectivity index (χ4n) is 1.38. The van der Waals surface area contributed by atoms with Gasteiger partial charge in [0.05, 0.1) is 32.0 Å². The first-order valence-corrected chi connectivity index (χ1v) is 5.29. The highest BCUT2D eigenvalue weighted by molar-refractivity contribution is 5.76. The number of aliphatic hydroxyl groups is 2. The van der Waals surface area contributed by atoms with Crippen LogP contribution in [0.4, 0.5) is 0 Å². The van der Waals surface area contributed by atoms with Crippen molar-refractivity contribution in [2.24, 2.45) is 0 Å². The van der Waals surface area contributed by atoms with Gasteiger partial charge in [-0.1, -0.05) is 0 Å². The van der Waals surface area contributed by atoms with Crippen LogP contribution in [0.2, 0.25) is 0 Å². The monoisotopic (exact) mass is 234 g/mol. The van der Waals surface area contributed by atoms with Gasteiger partial charge in [-0.05, 0) is 6.92 Å². The molecule has 1 fully saturated rings. The molecule has 1 heterocycles. The minimum atomic E-state index is -1.97. The summed E-state index contributed by atoms with van der Waals surface area (Å²) in [5, 5.41) is 18.8. The van der Waals surface area contributed by atoms with Crippen molar-refractivity contribution in [2.45, 2.75) is 38.3 Å². The van der Waals surface area contributed by atoms with Crippen molar-refractivity contribution in [3.05, 3.63) is 0 Å². The van der Waals surface area contributed by atoms with Crippen LogP contribution in [0.25, 0.3) is 0 Å². The van der Waals surface area contributed by atoms with Crippen molar-refractivity contribution >= 4 is 5.97 Å². The van der Waals surface area contributed by atoms with E-state index in [4.69, 9.17) is 9.47 Å². The van der Waals surface area contributed by atoms with E-state index in [1.165, 1.54) is 6.92 Å². The first-order valence-electron chi connectivity index (χ1n) is 5.29. The Hall–Kier alpha value is -0.690. The SMILES string of the molecule is CCOC(=O)[C@](C)(O)OC[C@H]1C[C@H](O)CO1. The van der Waals surface area contributed by atoms with Crippen molar-refractivity contribution in [3.8, 4) is 0 Å². The average Bonchev–Trinajstić information content (AvgIpc) is 2.62. The van der Waals surface area contributed by atoms with E-state index in [9.17, 15) is 15.0 Å². The van der Waals surface area contributed by atoms with Crippen LogP contribution < -0.4 is 0 Å². The van der Waals surface area contributed by atoms with Gasteiger partial charge in [0.15, 0.2) is 0 Å². The molecule has 0 bridgehead atoms. The molecule has 1 saturated heterocycles. The maximum atomic E-state index is 11.2. The zero-order chi connectivity index (χ0) is 12.2. The minimum absolute atomic E-state index is 0.0445. The molecule has 1 aliphatic heterocycles. The zero-order valence-corrected chi connectivity index (χ0v) is 9.51. The van der Waals surface area contributed by atoms with Crippen LogP contribution in [0.15, 0.2) is 0 Å². The van der Waals surface area contributed by atoms with Gasteiger partial charge in [0, 0.05) is 13.3 Å². The van der Waals surface area contributed by atoms with E-state index in [0.29, 0.717) is 6.42 Å². The van der Waals surface area contributed by atoms with Gasteiger partial charge in [-0.25, -0.2) is 4.79 Å². The van der Waals surface area contributed by atoms with Crippen LogP contribution in [0, 0.1) is 0 Å². The van der Waals surface area contributed by atoms with Gasteiger partial charge < -0.3 is 24.4 Å². The number of aliphatic hydroxyl groups excluding tert-OH is 1. The Morgan fingerprint density at radius 2 is 2.31 bits per heavy atom. The third-order valence-electron chi connectivity index (χ3n) is 2.26. The Kier molecular flexibility index (Phi) is 4.67. The largest absolute Gasteiger partial charge is 0.462 e. The molecular formula is C10H18O6. The fourth-order valence-corrected chi connectivity index (χ4v) is 1.38. The predicted molar refractivity (Wildman–Crippen MR) is 53.6 cm³/mol. The number of carbonyl (C=O) groups is 1. The van der Waals surface area contributed by atoms with E-state index in [0.717, 1.165) is 0 Å². The highest BCUT2D eigenvalue weighted by Crippen LogP contribution is 2.16. The van der Waals surface area contributed by atoms with E-state index < -0.39 is 17.9 Å². The van der Waals surface area contributed by atoms with Crippen LogP contribution in [-0.2, 0) is 19.0 Å². The summed E-state index contributed by atoms with van der Waals surface area (Å²) in [6.45, 7) is 3.34. The first-order chi connectivity index (χ1) is 7.45. The summed E-state index contributed by atoms with van der Waals surface area (Å²) in [6.07, 6.45) is -0.351. The number of rotatable bonds is 5. The Morgan fingerprint density at radius 1 is 1.62 bits per heavy atom. The average molecular weight is 234 g/mol. The molecule has 0 aromatic carbocycles. The van der Waals surface area contributed by atoms with Gasteiger partial charge >= 0.3 is 5.97 Å². The number of ether oxygens (including phenoxy) is 3. The van der Waals surface area contributed by atoms with Crippen LogP contribution in [0.1, 0.15) is 20.3 Å². The summed E-state index contributed by atoms with van der Waals surface area (Å²) in [5.41, 5.74) is 0. The summed E-state index contributed by atoms with van der Waals surface area (Å²) >= 11 is 0. The quantitative estimate of drug-likeness (QED) is 0.489. The summed E-state index contributed by atoms with van der Waals surface area (Å²) < 4.78 is 14.8. The lowest BCUT2D eigenvalue weighted by Crippen LogP contribution is -2.41. The van der Waals surface area contributed by atoms with E-state index in [1.54, 1.807) is 6.92 Å². The molecule has 0 spiro atoms. The maximum absolute atomic E-state index is 11.2. The minimum Gasteiger partial charge on any atom is -0.462 e. The van der Waals surface area contributed by atoms with Gasteiger partial charge in [0.2, 0.25) is 0 Å². The smallest absolute Gasteiger partial charge is 0.366 e. The second kappa shape index (κ2) is 5.58. The number of hydrogen-bond donors (Lipinski definition) is 2. The summed E-state index contributed by atoms with van der Waals surface area (Å²) in [6, 6.07) is 0. The molecular weight excluding hydrogens is 216 g/mol. The van der Waals surface area contributed by atoms with Crippen molar-refractivity contribution in [2.75, 3.05) is 19.8 Å². The summed E-state index contributed by atoms with van der Waals surface area (Å²) in [7, 11) is 0. The summed E-state index contributed by atoms with van der Waals surface area (Å²) in [5.74, 6) is -2.79. The van der Waals surface area contributed by atoms with Crippen molar-refractivity contribution in [1.82, 2.24) is 0 Å². The molecule has 0 aromatic rings. The van der Waals surface area contributed by atoms with Crippen molar-refractivity contribution < 1.29 is 29.2 Å². The number of hydrogen-bond acceptors (Lipinski definition) is 6. The Morgan fingerprint density at radius 3 is 2.81 bits per heavy atom. The van der Waals surface area contributed by atoms with Crippen molar-refractivity contribution in [1.29, 1.82) is 0 Å². The molecule has 1 aliphatic rings. The van der Waals surface area contributed by atoms with E-state index in [-0.39, 0.29) is 25.9 Å². The third kappa shape index (κ3) is 3.71. The van der Waals surface area contributed by atoms with Gasteiger partial charge in [-0.2, -0.15) is 0 Å². The topological polar surface area (TPSA) is 85.2 Å². The third-order valence-corrected chi connectivity index (χ3v) is 2.26. The fraction of sp³-hybridized carbons (Fsp3) is 0.900. The molecule has 6 nitrogen and oxygen atoms in total. The molecule has 94 valence electrons. The molecule has 2 N–H and O–H groups in total. The van der Waals surface area contributed by atoms with Crippen LogP contribution in [0.3, 0.4) is 0 Å². The molecule has 0 radical (unpaired) electrons. The molecule has 0 amide bonds. The molecule has 6 heteroatoms. The standard InChI is InChI=1S/C10H18O6/c1-3-14-9(12)10(2,13)16-6-8-4-7(11)5-15-8/h7-8,11,13H,3-6H2,1-2H3/t7-,8+,10+/m0/s1. The molecule has 1 rings (SSSR count). The second-order valence-electron chi connectivity index (χ2n) is 3.86. The van der Waals surface area contributed by atoms with E-state index in [1.807, 2.05) is 0 Å². The molecule has 0 unspecified atom stereocenters. The number of esters is 1. The van der Waals surface area contributed by atoms with Crippen LogP contribution in [0.5, 0.6) is 0 Å². The van der Waals surface area contributed by atoms with Crippen LogP contribution >= 0.6 is 0 Å². The molecule has 0 saturated carbocycles. The number of carbonyl (C=O) groups excluding carboxylic acids is 1. The lowest BCUT2D eigenvalue weighted by atomic mass is 10.2. The molecule has 0 aliphatic carbocycles. The molecule has 0 aromatic heterocycles. The van der Waals surface area contributed by atoms with Gasteiger partial charge in [0.1, 0.15) is 0 Å². The lowest BCUT2D eigenvalue weighted by Gasteiger charge is -2.22.